The lowest BCUT2D eigenvalue weighted by molar-refractivity contribution is 0.250. The van der Waals surface area contributed by atoms with Gasteiger partial charge in [-0.05, 0) is 12.1 Å². The van der Waals surface area contributed by atoms with Crippen LogP contribution in [0.4, 0.5) is 5.69 Å². The van der Waals surface area contributed by atoms with E-state index in [0.717, 1.165) is 45.0 Å². The maximum Gasteiger partial charge on any atom is 0.285 e. The first-order valence-electron chi connectivity index (χ1n) is 8.10. The molecule has 0 amide bonds. The standard InChI is InChI=1S/C15H17ClN4O.C2H7N/c16-14-13(10-17-18-15(14)21)20-8-6-19(7-9-20)11-12-4-2-1-3-5-12;1-2-3/h1-5,10H,6-9,11H2,(H,18,21);2-3H2,1H3. The highest BCUT2D eigenvalue weighted by Crippen LogP contribution is 2.22. The molecule has 2 heterocycles. The summed E-state index contributed by atoms with van der Waals surface area (Å²) in [6.07, 6.45) is 1.62. The van der Waals surface area contributed by atoms with Crippen molar-refractivity contribution < 1.29 is 0 Å². The fourth-order valence-corrected chi connectivity index (χ4v) is 2.79. The second-order valence-electron chi connectivity index (χ2n) is 5.56. The van der Waals surface area contributed by atoms with Crippen LogP contribution < -0.4 is 16.2 Å². The topological polar surface area (TPSA) is 78.2 Å². The number of H-pyrrole nitrogens is 1. The molecule has 3 rings (SSSR count). The maximum atomic E-state index is 11.5. The van der Waals surface area contributed by atoms with Crippen LogP contribution in [0.15, 0.2) is 41.3 Å². The third-order valence-electron chi connectivity index (χ3n) is 3.74. The molecule has 0 spiro atoms. The number of aromatic nitrogens is 2. The molecule has 3 N–H and O–H groups in total. The van der Waals surface area contributed by atoms with Crippen molar-refractivity contribution >= 4 is 17.3 Å². The van der Waals surface area contributed by atoms with E-state index in [1.807, 2.05) is 13.0 Å². The van der Waals surface area contributed by atoms with E-state index in [1.165, 1.54) is 5.56 Å². The van der Waals surface area contributed by atoms with Crippen LogP contribution in [0.3, 0.4) is 0 Å². The van der Waals surface area contributed by atoms with Crippen LogP contribution in [0.1, 0.15) is 12.5 Å². The average Bonchev–Trinajstić information content (AvgIpc) is 2.60. The highest BCUT2D eigenvalue weighted by molar-refractivity contribution is 6.32. The van der Waals surface area contributed by atoms with Gasteiger partial charge < -0.3 is 10.6 Å². The molecule has 1 aromatic heterocycles. The van der Waals surface area contributed by atoms with Crippen molar-refractivity contribution in [2.24, 2.45) is 5.73 Å². The second kappa shape index (κ2) is 9.42. The molecule has 7 heteroatoms. The Morgan fingerprint density at radius 2 is 1.83 bits per heavy atom. The van der Waals surface area contributed by atoms with Crippen molar-refractivity contribution in [3.8, 4) is 0 Å². The molecule has 2 aromatic rings. The Morgan fingerprint density at radius 1 is 1.21 bits per heavy atom. The van der Waals surface area contributed by atoms with Crippen LogP contribution in [0, 0.1) is 0 Å². The average molecular weight is 350 g/mol. The minimum atomic E-state index is -0.333. The van der Waals surface area contributed by atoms with Crippen molar-refractivity contribution in [3.05, 3.63) is 57.5 Å². The van der Waals surface area contributed by atoms with Gasteiger partial charge in [0.2, 0.25) is 0 Å². The summed E-state index contributed by atoms with van der Waals surface area (Å²) in [6, 6.07) is 10.4. The molecule has 0 atom stereocenters. The lowest BCUT2D eigenvalue weighted by Gasteiger charge is -2.36. The summed E-state index contributed by atoms with van der Waals surface area (Å²) in [5.41, 5.74) is 6.56. The summed E-state index contributed by atoms with van der Waals surface area (Å²) >= 11 is 6.05. The van der Waals surface area contributed by atoms with Crippen molar-refractivity contribution in [2.75, 3.05) is 37.6 Å². The van der Waals surface area contributed by atoms with Gasteiger partial charge in [-0.15, -0.1) is 0 Å². The molecule has 0 saturated carbocycles. The van der Waals surface area contributed by atoms with E-state index in [1.54, 1.807) is 6.20 Å². The van der Waals surface area contributed by atoms with Crippen molar-refractivity contribution in [1.82, 2.24) is 15.1 Å². The number of benzene rings is 1. The van der Waals surface area contributed by atoms with E-state index in [-0.39, 0.29) is 10.6 Å². The molecule has 6 nitrogen and oxygen atoms in total. The highest BCUT2D eigenvalue weighted by atomic mass is 35.5. The van der Waals surface area contributed by atoms with Gasteiger partial charge in [-0.2, -0.15) is 5.10 Å². The van der Waals surface area contributed by atoms with Crippen LogP contribution in [-0.4, -0.2) is 47.8 Å². The summed E-state index contributed by atoms with van der Waals surface area (Å²) in [6.45, 7) is 7.18. The number of anilines is 1. The molecule has 1 aliphatic heterocycles. The molecule has 1 aromatic carbocycles. The van der Waals surface area contributed by atoms with Crippen LogP contribution in [0.25, 0.3) is 0 Å². The number of aromatic amines is 1. The van der Waals surface area contributed by atoms with Crippen LogP contribution in [0.5, 0.6) is 0 Å². The Morgan fingerprint density at radius 3 is 2.46 bits per heavy atom. The minimum absolute atomic E-state index is 0.224. The predicted molar refractivity (Wildman–Crippen MR) is 98.5 cm³/mol. The number of piperazine rings is 1. The molecule has 24 heavy (non-hydrogen) atoms. The summed E-state index contributed by atoms with van der Waals surface area (Å²) in [5, 5.41) is 6.40. The molecule has 1 saturated heterocycles. The number of rotatable bonds is 3. The summed E-state index contributed by atoms with van der Waals surface area (Å²) in [4.78, 5) is 16.0. The number of nitrogens with one attached hydrogen (secondary N) is 1. The number of nitrogens with zero attached hydrogens (tertiary/aromatic N) is 3. The highest BCUT2D eigenvalue weighted by Gasteiger charge is 2.20. The number of nitrogens with two attached hydrogens (primary N) is 1. The van der Waals surface area contributed by atoms with Crippen LogP contribution in [-0.2, 0) is 6.54 Å². The smallest absolute Gasteiger partial charge is 0.285 e. The first kappa shape index (κ1) is 18.4. The first-order valence-corrected chi connectivity index (χ1v) is 8.48. The third kappa shape index (κ3) is 5.06. The van der Waals surface area contributed by atoms with E-state index in [2.05, 4.69) is 44.3 Å². The molecule has 0 bridgehead atoms. The van der Waals surface area contributed by atoms with Gasteiger partial charge in [-0.25, -0.2) is 5.10 Å². The van der Waals surface area contributed by atoms with Gasteiger partial charge in [0.15, 0.2) is 0 Å². The quantitative estimate of drug-likeness (QED) is 0.882. The zero-order valence-electron chi connectivity index (χ0n) is 13.9. The molecular formula is C17H24ClN5O. The number of hydrogen-bond acceptors (Lipinski definition) is 5. The number of hydrogen-bond donors (Lipinski definition) is 2. The first-order chi connectivity index (χ1) is 11.7. The minimum Gasteiger partial charge on any atom is -0.366 e. The van der Waals surface area contributed by atoms with Gasteiger partial charge >= 0.3 is 0 Å². The molecule has 0 aliphatic carbocycles. The summed E-state index contributed by atoms with van der Waals surface area (Å²) in [5.74, 6) is 0. The van der Waals surface area contributed by atoms with Gasteiger partial charge in [0.05, 0.1) is 11.9 Å². The van der Waals surface area contributed by atoms with Gasteiger partial charge in [0, 0.05) is 32.7 Å². The normalized spacial score (nSPS) is 14.9. The summed E-state index contributed by atoms with van der Waals surface area (Å²) in [7, 11) is 0. The molecule has 1 aliphatic rings. The number of halogens is 1. The second-order valence-corrected chi connectivity index (χ2v) is 5.93. The van der Waals surface area contributed by atoms with E-state index < -0.39 is 0 Å². The van der Waals surface area contributed by atoms with E-state index in [4.69, 9.17) is 17.3 Å². The lowest BCUT2D eigenvalue weighted by Crippen LogP contribution is -2.46. The van der Waals surface area contributed by atoms with Crippen molar-refractivity contribution in [1.29, 1.82) is 0 Å². The van der Waals surface area contributed by atoms with Crippen LogP contribution >= 0.6 is 11.6 Å². The molecular weight excluding hydrogens is 326 g/mol. The van der Waals surface area contributed by atoms with Gasteiger partial charge in [0.25, 0.3) is 5.56 Å². The van der Waals surface area contributed by atoms with E-state index in [9.17, 15) is 4.79 Å². The van der Waals surface area contributed by atoms with Crippen molar-refractivity contribution in [2.45, 2.75) is 13.5 Å². The zero-order valence-corrected chi connectivity index (χ0v) is 14.7. The van der Waals surface area contributed by atoms with E-state index >= 15 is 0 Å². The lowest BCUT2D eigenvalue weighted by atomic mass is 10.2. The van der Waals surface area contributed by atoms with Gasteiger partial charge in [-0.1, -0.05) is 48.9 Å². The SMILES string of the molecule is CCN.O=c1[nH]ncc(N2CCN(Cc3ccccc3)CC2)c1Cl. The Hall–Kier alpha value is -1.89. The maximum absolute atomic E-state index is 11.5. The molecule has 130 valence electrons. The fourth-order valence-electron chi connectivity index (χ4n) is 2.58. The zero-order chi connectivity index (χ0) is 17.4. The Bertz CT molecular complexity index is 668. The fraction of sp³-hybridized carbons (Fsp3) is 0.412. The van der Waals surface area contributed by atoms with E-state index in [0.29, 0.717) is 0 Å². The molecule has 1 fully saturated rings. The monoisotopic (exact) mass is 349 g/mol. The largest absolute Gasteiger partial charge is 0.366 e. The summed E-state index contributed by atoms with van der Waals surface area (Å²) < 4.78 is 0. The van der Waals surface area contributed by atoms with Crippen LogP contribution in [0.2, 0.25) is 5.02 Å². The molecule has 0 radical (unpaired) electrons. The Balaban J connectivity index is 0.000000647. The Labute approximate surface area is 147 Å². The Kier molecular flexibility index (Phi) is 7.24. The van der Waals surface area contributed by atoms with Crippen molar-refractivity contribution in [3.63, 3.8) is 0 Å². The van der Waals surface area contributed by atoms with Gasteiger partial charge in [-0.3, -0.25) is 9.69 Å². The van der Waals surface area contributed by atoms with Gasteiger partial charge in [0.1, 0.15) is 5.02 Å². The third-order valence-corrected chi connectivity index (χ3v) is 4.10. The predicted octanol–water partition coefficient (Wildman–Crippen LogP) is 1.71. The molecule has 0 unspecified atom stereocenters.